The van der Waals surface area contributed by atoms with Crippen molar-refractivity contribution in [2.75, 3.05) is 7.11 Å². The van der Waals surface area contributed by atoms with Crippen LogP contribution in [-0.4, -0.2) is 32.5 Å². The molecule has 1 amide bonds. The Morgan fingerprint density at radius 3 is 2.60 bits per heavy atom. The van der Waals surface area contributed by atoms with Gasteiger partial charge in [-0.25, -0.2) is 9.97 Å². The lowest BCUT2D eigenvalue weighted by Crippen LogP contribution is -2.28. The van der Waals surface area contributed by atoms with Gasteiger partial charge in [-0.05, 0) is 42.8 Å². The number of alkyl halides is 3. The number of hydrogen-bond donors (Lipinski definition) is 1. The van der Waals surface area contributed by atoms with E-state index in [9.17, 15) is 18.0 Å². The largest absolute Gasteiger partial charge is 0.494 e. The van der Waals surface area contributed by atoms with Gasteiger partial charge < -0.3 is 24.4 Å². The molecule has 0 unspecified atom stereocenters. The third kappa shape index (κ3) is 3.81. The van der Waals surface area contributed by atoms with Crippen LogP contribution >= 0.6 is 0 Å². The zero-order valence-electron chi connectivity index (χ0n) is 19.2. The van der Waals surface area contributed by atoms with Crippen LogP contribution in [0.5, 0.6) is 5.75 Å². The molecule has 1 aromatic carbocycles. The first-order chi connectivity index (χ1) is 16.6. The number of oxazole rings is 1. The summed E-state index contributed by atoms with van der Waals surface area (Å²) in [6, 6.07) is 6.59. The van der Waals surface area contributed by atoms with Crippen molar-refractivity contribution in [3.05, 3.63) is 64.9 Å². The molecule has 0 saturated carbocycles. The minimum Gasteiger partial charge on any atom is -0.494 e. The van der Waals surface area contributed by atoms with Crippen LogP contribution in [0.25, 0.3) is 22.4 Å². The fraction of sp³-hybridized carbons (Fsp3) is 0.292. The molecule has 0 saturated heterocycles. The highest BCUT2D eigenvalue weighted by atomic mass is 19.4. The molecule has 0 fully saturated rings. The van der Waals surface area contributed by atoms with Crippen molar-refractivity contribution in [3.8, 4) is 17.2 Å². The third-order valence-corrected chi connectivity index (χ3v) is 6.12. The van der Waals surface area contributed by atoms with Crippen molar-refractivity contribution in [2.24, 2.45) is 12.8 Å². The van der Waals surface area contributed by atoms with Gasteiger partial charge in [0, 0.05) is 36.4 Å². The molecular formula is C24H22F3N5O3. The fourth-order valence-electron chi connectivity index (χ4n) is 4.32. The Hall–Kier alpha value is -3.86. The van der Waals surface area contributed by atoms with Crippen LogP contribution in [0, 0.1) is 0 Å². The average Bonchev–Trinajstić information content (AvgIpc) is 3.53. The van der Waals surface area contributed by atoms with Crippen LogP contribution in [0.4, 0.5) is 13.2 Å². The minimum atomic E-state index is -4.62. The standard InChI is InChI=1S/C24H22F3N5O3/c1-12(28)21-20(23(33)32-10-13-8-9-31(2)16(13)11-32)30-22(35-21)15-4-6-17(34-3)19-14(15)5-7-18(29-19)24(25,26)27/h4-9,12H,10-11,28H2,1-3H3/t12-/m0/s1. The second-order valence-electron chi connectivity index (χ2n) is 8.49. The number of aryl methyl sites for hydroxylation is 1. The van der Waals surface area contributed by atoms with Gasteiger partial charge in [0.25, 0.3) is 5.91 Å². The van der Waals surface area contributed by atoms with Gasteiger partial charge in [-0.3, -0.25) is 4.79 Å². The van der Waals surface area contributed by atoms with Crippen LogP contribution < -0.4 is 10.5 Å². The quantitative estimate of drug-likeness (QED) is 0.459. The van der Waals surface area contributed by atoms with Crippen molar-refractivity contribution in [3.63, 3.8) is 0 Å². The number of hydrogen-bond acceptors (Lipinski definition) is 6. The molecule has 8 nitrogen and oxygen atoms in total. The number of aromatic nitrogens is 3. The maximum absolute atomic E-state index is 13.4. The maximum atomic E-state index is 13.4. The Kier molecular flexibility index (Phi) is 5.32. The number of ether oxygens (including phenoxy) is 1. The summed E-state index contributed by atoms with van der Waals surface area (Å²) >= 11 is 0. The predicted octanol–water partition coefficient (Wildman–Crippen LogP) is 4.43. The first kappa shape index (κ1) is 22.9. The van der Waals surface area contributed by atoms with Crippen LogP contribution in [0.2, 0.25) is 0 Å². The molecule has 1 aliphatic rings. The number of carbonyl (C=O) groups is 1. The minimum absolute atomic E-state index is 0.00300. The summed E-state index contributed by atoms with van der Waals surface area (Å²) in [6.45, 7) is 2.53. The van der Waals surface area contributed by atoms with Crippen molar-refractivity contribution in [1.29, 1.82) is 0 Å². The van der Waals surface area contributed by atoms with Crippen LogP contribution in [0.15, 0.2) is 40.9 Å². The molecule has 3 aromatic heterocycles. The Morgan fingerprint density at radius 2 is 1.94 bits per heavy atom. The predicted molar refractivity (Wildman–Crippen MR) is 120 cm³/mol. The Labute approximate surface area is 198 Å². The number of nitrogens with two attached hydrogens (primary N) is 1. The highest BCUT2D eigenvalue weighted by molar-refractivity contribution is 5.98. The number of benzene rings is 1. The highest BCUT2D eigenvalue weighted by Gasteiger charge is 2.34. The molecule has 35 heavy (non-hydrogen) atoms. The number of amides is 1. The van der Waals surface area contributed by atoms with E-state index in [0.29, 0.717) is 24.0 Å². The Bertz CT molecular complexity index is 1450. The molecule has 5 rings (SSSR count). The van der Waals surface area contributed by atoms with Crippen molar-refractivity contribution in [1.82, 2.24) is 19.4 Å². The lowest BCUT2D eigenvalue weighted by molar-refractivity contribution is -0.140. The lowest BCUT2D eigenvalue weighted by atomic mass is 10.1. The van der Waals surface area contributed by atoms with E-state index in [1.807, 2.05) is 23.9 Å². The number of nitrogens with zero attached hydrogens (tertiary/aromatic N) is 4. The van der Waals surface area contributed by atoms with E-state index in [2.05, 4.69) is 9.97 Å². The van der Waals surface area contributed by atoms with E-state index in [4.69, 9.17) is 14.9 Å². The SMILES string of the molecule is COc1ccc(-c2nc(C(=O)N3Cc4ccn(C)c4C3)c([C@H](C)N)o2)c2ccc(C(F)(F)F)nc12. The van der Waals surface area contributed by atoms with E-state index in [1.165, 1.54) is 19.2 Å². The summed E-state index contributed by atoms with van der Waals surface area (Å²) in [5.74, 6) is 0.0927. The molecule has 0 radical (unpaired) electrons. The topological polar surface area (TPSA) is 99.4 Å². The number of fused-ring (bicyclic) bond motifs is 2. The molecule has 1 atom stereocenters. The molecule has 0 bridgehead atoms. The summed E-state index contributed by atoms with van der Waals surface area (Å²) < 4.78 is 52.9. The number of carbonyl (C=O) groups excluding carboxylic acids is 1. The van der Waals surface area contributed by atoms with E-state index >= 15 is 0 Å². The third-order valence-electron chi connectivity index (χ3n) is 6.12. The summed E-state index contributed by atoms with van der Waals surface area (Å²) in [4.78, 5) is 23.3. The maximum Gasteiger partial charge on any atom is 0.433 e. The molecule has 11 heteroatoms. The summed E-state index contributed by atoms with van der Waals surface area (Å²) in [7, 11) is 3.27. The lowest BCUT2D eigenvalue weighted by Gasteiger charge is -2.15. The first-order valence-electron chi connectivity index (χ1n) is 10.8. The Balaban J connectivity index is 1.59. The van der Waals surface area contributed by atoms with Gasteiger partial charge >= 0.3 is 6.18 Å². The second kappa shape index (κ2) is 8.12. The number of rotatable bonds is 4. The van der Waals surface area contributed by atoms with E-state index in [-0.39, 0.29) is 34.5 Å². The molecule has 182 valence electrons. The van der Waals surface area contributed by atoms with E-state index < -0.39 is 17.9 Å². The van der Waals surface area contributed by atoms with Gasteiger partial charge in [0.2, 0.25) is 5.89 Å². The molecular weight excluding hydrogens is 463 g/mol. The number of pyridine rings is 1. The highest BCUT2D eigenvalue weighted by Crippen LogP contribution is 2.38. The average molecular weight is 485 g/mol. The van der Waals surface area contributed by atoms with Crippen LogP contribution in [0.3, 0.4) is 0 Å². The van der Waals surface area contributed by atoms with Gasteiger partial charge in [-0.15, -0.1) is 0 Å². The molecule has 0 aliphatic carbocycles. The fourth-order valence-corrected chi connectivity index (χ4v) is 4.32. The van der Waals surface area contributed by atoms with Gasteiger partial charge in [-0.1, -0.05) is 0 Å². The molecule has 1 aliphatic heterocycles. The molecule has 0 spiro atoms. The zero-order chi connectivity index (χ0) is 25.1. The molecule has 2 N–H and O–H groups in total. The van der Waals surface area contributed by atoms with E-state index in [0.717, 1.165) is 17.3 Å². The van der Waals surface area contributed by atoms with Crippen LogP contribution in [-0.2, 0) is 26.3 Å². The normalized spacial score (nSPS) is 14.4. The monoisotopic (exact) mass is 485 g/mol. The smallest absolute Gasteiger partial charge is 0.433 e. The Morgan fingerprint density at radius 1 is 1.17 bits per heavy atom. The number of methoxy groups -OCH3 is 1. The van der Waals surface area contributed by atoms with Gasteiger partial charge in [0.05, 0.1) is 19.7 Å². The summed E-state index contributed by atoms with van der Waals surface area (Å²) in [5.41, 5.74) is 7.58. The first-order valence-corrected chi connectivity index (χ1v) is 10.8. The van der Waals surface area contributed by atoms with Gasteiger partial charge in [0.15, 0.2) is 11.5 Å². The summed E-state index contributed by atoms with van der Waals surface area (Å²) in [5, 5.41) is 0.336. The van der Waals surface area contributed by atoms with Gasteiger partial charge in [0.1, 0.15) is 17.0 Å². The second-order valence-corrected chi connectivity index (χ2v) is 8.49. The van der Waals surface area contributed by atoms with Crippen molar-refractivity contribution < 1.29 is 27.1 Å². The zero-order valence-corrected chi connectivity index (χ0v) is 19.2. The van der Waals surface area contributed by atoms with E-state index in [1.54, 1.807) is 17.9 Å². The van der Waals surface area contributed by atoms with Crippen molar-refractivity contribution >= 4 is 16.8 Å². The summed E-state index contributed by atoms with van der Waals surface area (Å²) in [6.07, 6.45) is -2.67. The van der Waals surface area contributed by atoms with Gasteiger partial charge in [-0.2, -0.15) is 13.2 Å². The number of halogens is 3. The van der Waals surface area contributed by atoms with Crippen LogP contribution in [0.1, 0.15) is 46.2 Å². The molecule has 4 heterocycles. The van der Waals surface area contributed by atoms with Crippen molar-refractivity contribution in [2.45, 2.75) is 32.2 Å². The molecule has 4 aromatic rings.